The number of aromatic nitrogens is 1. The number of sulfone groups is 1. The molecule has 0 aliphatic carbocycles. The number of rotatable bonds is 4. The molecule has 1 aromatic carbocycles. The van der Waals surface area contributed by atoms with E-state index >= 15 is 0 Å². The summed E-state index contributed by atoms with van der Waals surface area (Å²) in [4.78, 5) is 17.6. The highest BCUT2D eigenvalue weighted by Crippen LogP contribution is 2.22. The smallest absolute Gasteiger partial charge is 0.227 e. The molecule has 0 saturated carbocycles. The third-order valence-electron chi connectivity index (χ3n) is 4.57. The van der Waals surface area contributed by atoms with Crippen LogP contribution < -0.4 is 0 Å². The average Bonchev–Trinajstić information content (AvgIpc) is 3.03. The molecule has 23 heavy (non-hydrogen) atoms. The van der Waals surface area contributed by atoms with Gasteiger partial charge in [0.15, 0.2) is 9.84 Å². The normalized spacial score (nSPS) is 20.0. The van der Waals surface area contributed by atoms with Crippen LogP contribution in [0.1, 0.15) is 24.5 Å². The largest absolute Gasteiger partial charge is 0.361 e. The van der Waals surface area contributed by atoms with Crippen LogP contribution >= 0.6 is 0 Å². The number of likely N-dealkylation sites (N-methyl/N-ethyl adjacent to an activating group) is 1. The lowest BCUT2D eigenvalue weighted by Gasteiger charge is -2.26. The zero-order valence-electron chi connectivity index (χ0n) is 13.5. The first-order valence-corrected chi connectivity index (χ1v) is 9.78. The van der Waals surface area contributed by atoms with Crippen LogP contribution in [0.4, 0.5) is 0 Å². The Bertz CT molecular complexity index is 839. The summed E-state index contributed by atoms with van der Waals surface area (Å²) in [6, 6.07) is 5.94. The third kappa shape index (κ3) is 3.27. The fraction of sp³-hybridized carbons (Fsp3) is 0.471. The Morgan fingerprint density at radius 1 is 1.39 bits per heavy atom. The zero-order valence-corrected chi connectivity index (χ0v) is 14.3. The summed E-state index contributed by atoms with van der Waals surface area (Å²) in [5, 5.41) is 1.05. The van der Waals surface area contributed by atoms with Gasteiger partial charge in [0.1, 0.15) is 0 Å². The van der Waals surface area contributed by atoms with Crippen molar-refractivity contribution in [3.05, 3.63) is 35.5 Å². The van der Waals surface area contributed by atoms with Crippen LogP contribution in [0.5, 0.6) is 0 Å². The molecule has 5 nitrogen and oxygen atoms in total. The summed E-state index contributed by atoms with van der Waals surface area (Å²) in [5.41, 5.74) is 3.16. The van der Waals surface area contributed by atoms with Gasteiger partial charge in [0.05, 0.1) is 17.9 Å². The number of hydrogen-bond donors (Lipinski definition) is 1. The van der Waals surface area contributed by atoms with E-state index in [0.717, 1.165) is 16.5 Å². The van der Waals surface area contributed by atoms with Gasteiger partial charge in [-0.25, -0.2) is 8.42 Å². The lowest BCUT2D eigenvalue weighted by Crippen LogP contribution is -2.41. The molecule has 0 spiro atoms. The molecule has 1 fully saturated rings. The molecule has 1 amide bonds. The van der Waals surface area contributed by atoms with Crippen molar-refractivity contribution < 1.29 is 13.2 Å². The summed E-state index contributed by atoms with van der Waals surface area (Å²) in [5.74, 6) is 0.282. The molecule has 1 aliphatic heterocycles. The fourth-order valence-corrected chi connectivity index (χ4v) is 5.10. The van der Waals surface area contributed by atoms with Crippen LogP contribution in [0.3, 0.4) is 0 Å². The van der Waals surface area contributed by atoms with E-state index in [1.807, 2.05) is 32.2 Å². The van der Waals surface area contributed by atoms with Gasteiger partial charge in [-0.3, -0.25) is 4.79 Å². The van der Waals surface area contributed by atoms with E-state index in [4.69, 9.17) is 0 Å². The predicted molar refractivity (Wildman–Crippen MR) is 91.2 cm³/mol. The van der Waals surface area contributed by atoms with Crippen LogP contribution in [0.15, 0.2) is 24.4 Å². The Labute approximate surface area is 136 Å². The van der Waals surface area contributed by atoms with E-state index in [2.05, 4.69) is 11.1 Å². The molecular formula is C17H22N2O3S. The number of aryl methyl sites for hydroxylation is 1. The summed E-state index contributed by atoms with van der Waals surface area (Å²) < 4.78 is 23.3. The topological polar surface area (TPSA) is 70.2 Å². The molecular weight excluding hydrogens is 312 g/mol. The Kier molecular flexibility index (Phi) is 4.19. The van der Waals surface area contributed by atoms with Crippen LogP contribution in [-0.4, -0.2) is 48.3 Å². The lowest BCUT2D eigenvalue weighted by atomic mass is 10.1. The molecule has 124 valence electrons. The monoisotopic (exact) mass is 334 g/mol. The second-order valence-corrected chi connectivity index (χ2v) is 8.51. The van der Waals surface area contributed by atoms with Crippen molar-refractivity contribution in [1.29, 1.82) is 0 Å². The van der Waals surface area contributed by atoms with E-state index < -0.39 is 9.84 Å². The number of nitrogens with zero attached hydrogens (tertiary/aromatic N) is 1. The Morgan fingerprint density at radius 2 is 2.17 bits per heavy atom. The van der Waals surface area contributed by atoms with Gasteiger partial charge in [-0.2, -0.15) is 0 Å². The first-order chi connectivity index (χ1) is 10.9. The number of aromatic amines is 1. The van der Waals surface area contributed by atoms with Gasteiger partial charge in [-0.1, -0.05) is 12.1 Å². The number of H-pyrrole nitrogens is 1. The Balaban J connectivity index is 1.79. The number of benzene rings is 1. The quantitative estimate of drug-likeness (QED) is 0.930. The van der Waals surface area contributed by atoms with E-state index in [1.54, 1.807) is 4.90 Å². The van der Waals surface area contributed by atoms with E-state index in [9.17, 15) is 13.2 Å². The minimum atomic E-state index is -2.99. The Morgan fingerprint density at radius 3 is 2.83 bits per heavy atom. The number of hydrogen-bond acceptors (Lipinski definition) is 3. The highest BCUT2D eigenvalue weighted by molar-refractivity contribution is 7.91. The molecule has 2 aromatic rings. The van der Waals surface area contributed by atoms with Crippen LogP contribution in [0.2, 0.25) is 0 Å². The zero-order chi connectivity index (χ0) is 16.6. The van der Waals surface area contributed by atoms with Crippen molar-refractivity contribution in [3.8, 4) is 0 Å². The molecule has 1 aromatic heterocycles. The number of carbonyl (C=O) groups excluding carboxylic acids is 1. The van der Waals surface area contributed by atoms with E-state index in [-0.39, 0.29) is 23.5 Å². The summed E-state index contributed by atoms with van der Waals surface area (Å²) in [6.45, 7) is 4.48. The number of nitrogens with one attached hydrogen (secondary N) is 1. The predicted octanol–water partition coefficient (Wildman–Crippen LogP) is 2.05. The number of fused-ring (bicyclic) bond motifs is 1. The molecule has 1 saturated heterocycles. The maximum absolute atomic E-state index is 12.7. The van der Waals surface area contributed by atoms with Crippen LogP contribution in [0, 0.1) is 6.92 Å². The van der Waals surface area contributed by atoms with E-state index in [0.29, 0.717) is 19.4 Å². The second kappa shape index (κ2) is 6.00. The molecule has 1 N–H and O–H groups in total. The summed E-state index contributed by atoms with van der Waals surface area (Å²) >= 11 is 0. The highest BCUT2D eigenvalue weighted by Gasteiger charge is 2.33. The molecule has 1 aliphatic rings. The molecule has 3 rings (SSSR count). The third-order valence-corrected chi connectivity index (χ3v) is 6.33. The van der Waals surface area contributed by atoms with Crippen molar-refractivity contribution in [1.82, 2.24) is 9.88 Å². The molecule has 0 radical (unpaired) electrons. The maximum atomic E-state index is 12.7. The van der Waals surface area contributed by atoms with Gasteiger partial charge in [0.2, 0.25) is 5.91 Å². The van der Waals surface area contributed by atoms with Crippen molar-refractivity contribution in [3.63, 3.8) is 0 Å². The lowest BCUT2D eigenvalue weighted by molar-refractivity contribution is -0.132. The second-order valence-electron chi connectivity index (χ2n) is 6.28. The molecule has 6 heteroatoms. The first kappa shape index (κ1) is 16.1. The van der Waals surface area contributed by atoms with Crippen LogP contribution in [0.25, 0.3) is 10.9 Å². The van der Waals surface area contributed by atoms with E-state index in [1.165, 1.54) is 5.56 Å². The van der Waals surface area contributed by atoms with Crippen LogP contribution in [-0.2, 0) is 21.1 Å². The average molecular weight is 334 g/mol. The molecule has 2 heterocycles. The van der Waals surface area contributed by atoms with Gasteiger partial charge in [-0.05, 0) is 37.5 Å². The van der Waals surface area contributed by atoms with Gasteiger partial charge in [-0.15, -0.1) is 0 Å². The minimum absolute atomic E-state index is 0.00363. The van der Waals surface area contributed by atoms with Crippen molar-refractivity contribution in [2.75, 3.05) is 18.1 Å². The Hall–Kier alpha value is -1.82. The van der Waals surface area contributed by atoms with Gasteiger partial charge < -0.3 is 9.88 Å². The van der Waals surface area contributed by atoms with Crippen molar-refractivity contribution in [2.24, 2.45) is 0 Å². The first-order valence-electron chi connectivity index (χ1n) is 7.96. The molecule has 1 unspecified atom stereocenters. The van der Waals surface area contributed by atoms with Gasteiger partial charge in [0.25, 0.3) is 0 Å². The SMILES string of the molecule is CCN(C(=O)Cc1c[nH]c2cc(C)ccc12)C1CCS(=O)(=O)C1. The van der Waals surface area contributed by atoms with Gasteiger partial charge in [0, 0.05) is 29.7 Å². The maximum Gasteiger partial charge on any atom is 0.227 e. The minimum Gasteiger partial charge on any atom is -0.361 e. The highest BCUT2D eigenvalue weighted by atomic mass is 32.2. The molecule has 0 bridgehead atoms. The van der Waals surface area contributed by atoms with Crippen molar-refractivity contribution >= 4 is 26.6 Å². The molecule has 1 atom stereocenters. The van der Waals surface area contributed by atoms with Crippen molar-refractivity contribution in [2.45, 2.75) is 32.7 Å². The van der Waals surface area contributed by atoms with Gasteiger partial charge >= 0.3 is 0 Å². The summed E-state index contributed by atoms with van der Waals surface area (Å²) in [6.07, 6.45) is 2.73. The summed E-state index contributed by atoms with van der Waals surface area (Å²) in [7, 11) is -2.99. The number of amides is 1. The number of carbonyl (C=O) groups is 1. The standard InChI is InChI=1S/C17H22N2O3S/c1-3-19(14-6-7-23(21,22)11-14)17(20)9-13-10-18-16-8-12(2)4-5-15(13)16/h4-5,8,10,14,18H,3,6-7,9,11H2,1-2H3. The fourth-order valence-electron chi connectivity index (χ4n) is 3.37.